The summed E-state index contributed by atoms with van der Waals surface area (Å²) in [5, 5.41) is 22.7. The molecule has 1 amide bonds. The van der Waals surface area contributed by atoms with Crippen LogP contribution in [0.3, 0.4) is 0 Å². The highest BCUT2D eigenvalue weighted by molar-refractivity contribution is 6.42. The number of halogens is 2. The highest BCUT2D eigenvalue weighted by Crippen LogP contribution is 2.31. The molecule has 2 N–H and O–H groups in total. The number of rotatable bonds is 5. The van der Waals surface area contributed by atoms with Crippen LogP contribution in [-0.4, -0.2) is 25.2 Å². The lowest BCUT2D eigenvalue weighted by Crippen LogP contribution is -2.15. The minimum atomic E-state index is -0.793. The SMILES string of the molecule is COc1ccc(/C(O)=C(\C#N)C(=O)Nc2ccc(Cl)c(Cl)c2)cc1OC. The Balaban J connectivity index is 2.36. The predicted molar refractivity (Wildman–Crippen MR) is 99.8 cm³/mol. The van der Waals surface area contributed by atoms with E-state index in [9.17, 15) is 15.2 Å². The zero-order valence-electron chi connectivity index (χ0n) is 13.8. The molecule has 2 aromatic carbocycles. The normalized spacial score (nSPS) is 11.2. The van der Waals surface area contributed by atoms with Gasteiger partial charge in [-0.15, -0.1) is 0 Å². The van der Waals surface area contributed by atoms with Gasteiger partial charge < -0.3 is 19.9 Å². The first-order valence-corrected chi connectivity index (χ1v) is 7.99. The van der Waals surface area contributed by atoms with Crippen LogP contribution in [0.15, 0.2) is 42.0 Å². The van der Waals surface area contributed by atoms with Crippen LogP contribution in [0, 0.1) is 11.3 Å². The van der Waals surface area contributed by atoms with E-state index in [1.807, 2.05) is 0 Å². The Hall–Kier alpha value is -2.88. The number of hydrogen-bond acceptors (Lipinski definition) is 5. The van der Waals surface area contributed by atoms with E-state index in [0.717, 1.165) is 0 Å². The van der Waals surface area contributed by atoms with E-state index in [1.165, 1.54) is 44.6 Å². The lowest BCUT2D eigenvalue weighted by molar-refractivity contribution is -0.112. The molecule has 6 nitrogen and oxygen atoms in total. The Morgan fingerprint density at radius 3 is 2.35 bits per heavy atom. The molecule has 0 aliphatic heterocycles. The van der Waals surface area contributed by atoms with Crippen molar-refractivity contribution in [2.24, 2.45) is 0 Å². The maximum atomic E-state index is 12.3. The van der Waals surface area contributed by atoms with Gasteiger partial charge >= 0.3 is 0 Å². The number of benzene rings is 2. The fourth-order valence-electron chi connectivity index (χ4n) is 2.11. The van der Waals surface area contributed by atoms with Gasteiger partial charge in [0.25, 0.3) is 5.91 Å². The Morgan fingerprint density at radius 1 is 1.08 bits per heavy atom. The third-order valence-corrected chi connectivity index (χ3v) is 4.15. The van der Waals surface area contributed by atoms with Crippen molar-refractivity contribution >= 4 is 40.6 Å². The van der Waals surface area contributed by atoms with Gasteiger partial charge in [0.1, 0.15) is 11.8 Å². The average molecular weight is 393 g/mol. The van der Waals surface area contributed by atoms with Gasteiger partial charge in [-0.25, -0.2) is 0 Å². The number of carbonyl (C=O) groups is 1. The largest absolute Gasteiger partial charge is 0.506 e. The standard InChI is InChI=1S/C18H14Cl2N2O4/c1-25-15-6-3-10(7-16(15)26-2)17(23)12(9-21)18(24)22-11-4-5-13(19)14(20)8-11/h3-8,23H,1-2H3,(H,22,24)/b17-12-. The van der Waals surface area contributed by atoms with Gasteiger partial charge in [0, 0.05) is 11.3 Å². The predicted octanol–water partition coefficient (Wildman–Crippen LogP) is 4.44. The molecule has 0 heterocycles. The number of ether oxygens (including phenoxy) is 2. The topological polar surface area (TPSA) is 91.6 Å². The van der Waals surface area contributed by atoms with E-state index in [1.54, 1.807) is 12.1 Å². The Bertz CT molecular complexity index is 920. The number of anilines is 1. The van der Waals surface area contributed by atoms with Gasteiger partial charge in [0.2, 0.25) is 0 Å². The summed E-state index contributed by atoms with van der Waals surface area (Å²) >= 11 is 11.7. The van der Waals surface area contributed by atoms with Crippen molar-refractivity contribution in [1.29, 1.82) is 5.26 Å². The van der Waals surface area contributed by atoms with Crippen molar-refractivity contribution in [3.8, 4) is 17.6 Å². The van der Waals surface area contributed by atoms with Crippen LogP contribution in [0.1, 0.15) is 5.56 Å². The molecule has 0 radical (unpaired) electrons. The van der Waals surface area contributed by atoms with E-state index in [0.29, 0.717) is 22.2 Å². The molecule has 0 saturated heterocycles. The number of nitrogens with one attached hydrogen (secondary N) is 1. The molecule has 2 aromatic rings. The minimum Gasteiger partial charge on any atom is -0.506 e. The maximum Gasteiger partial charge on any atom is 0.270 e. The zero-order valence-corrected chi connectivity index (χ0v) is 15.4. The van der Waals surface area contributed by atoms with Crippen LogP contribution >= 0.6 is 23.2 Å². The molecule has 0 fully saturated rings. The number of aliphatic hydroxyl groups excluding tert-OH is 1. The minimum absolute atomic E-state index is 0.225. The maximum absolute atomic E-state index is 12.3. The highest BCUT2D eigenvalue weighted by atomic mass is 35.5. The first-order chi connectivity index (χ1) is 12.4. The van der Waals surface area contributed by atoms with Gasteiger partial charge in [0.05, 0.1) is 24.3 Å². The quantitative estimate of drug-likeness (QED) is 0.445. The summed E-state index contributed by atoms with van der Waals surface area (Å²) < 4.78 is 10.3. The molecule has 0 aliphatic carbocycles. The molecule has 0 aliphatic rings. The second-order valence-electron chi connectivity index (χ2n) is 4.99. The molecule has 134 valence electrons. The van der Waals surface area contributed by atoms with Crippen molar-refractivity contribution in [1.82, 2.24) is 0 Å². The van der Waals surface area contributed by atoms with Gasteiger partial charge in [-0.1, -0.05) is 23.2 Å². The van der Waals surface area contributed by atoms with E-state index in [-0.39, 0.29) is 10.6 Å². The number of nitriles is 1. The van der Waals surface area contributed by atoms with Gasteiger partial charge in [-0.05, 0) is 36.4 Å². The fraction of sp³-hybridized carbons (Fsp3) is 0.111. The van der Waals surface area contributed by atoms with Crippen LogP contribution in [-0.2, 0) is 4.79 Å². The molecule has 0 spiro atoms. The first kappa shape index (κ1) is 19.4. The van der Waals surface area contributed by atoms with Crippen LogP contribution in [0.4, 0.5) is 5.69 Å². The van der Waals surface area contributed by atoms with Crippen molar-refractivity contribution in [3.63, 3.8) is 0 Å². The molecule has 26 heavy (non-hydrogen) atoms. The Morgan fingerprint density at radius 2 is 1.77 bits per heavy atom. The van der Waals surface area contributed by atoms with Gasteiger partial charge in [-0.3, -0.25) is 4.79 Å². The average Bonchev–Trinajstić information content (AvgIpc) is 2.64. The Labute approximate surface area is 160 Å². The third-order valence-electron chi connectivity index (χ3n) is 3.41. The number of methoxy groups -OCH3 is 2. The molecule has 0 unspecified atom stereocenters. The third kappa shape index (κ3) is 4.20. The van der Waals surface area contributed by atoms with Crippen LogP contribution < -0.4 is 14.8 Å². The van der Waals surface area contributed by atoms with Crippen LogP contribution in [0.2, 0.25) is 10.0 Å². The Kier molecular flexibility index (Phi) is 6.34. The van der Waals surface area contributed by atoms with Gasteiger partial charge in [-0.2, -0.15) is 5.26 Å². The number of nitrogens with zero attached hydrogens (tertiary/aromatic N) is 1. The second kappa shape index (κ2) is 8.48. The summed E-state index contributed by atoms with van der Waals surface area (Å²) in [5.74, 6) is -0.495. The summed E-state index contributed by atoms with van der Waals surface area (Å²) in [6.07, 6.45) is 0. The monoisotopic (exact) mass is 392 g/mol. The van der Waals surface area contributed by atoms with Crippen molar-refractivity contribution in [3.05, 3.63) is 57.6 Å². The van der Waals surface area contributed by atoms with E-state index < -0.39 is 17.2 Å². The number of hydrogen-bond donors (Lipinski definition) is 2. The first-order valence-electron chi connectivity index (χ1n) is 7.23. The summed E-state index contributed by atoms with van der Waals surface area (Å²) in [6, 6.07) is 10.7. The molecule has 0 aromatic heterocycles. The number of aliphatic hydroxyl groups is 1. The van der Waals surface area contributed by atoms with E-state index in [2.05, 4.69) is 5.32 Å². The molecular formula is C18H14Cl2N2O4. The van der Waals surface area contributed by atoms with Crippen molar-refractivity contribution in [2.75, 3.05) is 19.5 Å². The zero-order chi connectivity index (χ0) is 19.3. The van der Waals surface area contributed by atoms with E-state index >= 15 is 0 Å². The molecular weight excluding hydrogens is 379 g/mol. The lowest BCUT2D eigenvalue weighted by atomic mass is 10.1. The van der Waals surface area contributed by atoms with Gasteiger partial charge in [0.15, 0.2) is 17.1 Å². The summed E-state index contributed by atoms with van der Waals surface area (Å²) in [7, 11) is 2.91. The molecule has 8 heteroatoms. The van der Waals surface area contributed by atoms with Crippen LogP contribution in [0.25, 0.3) is 5.76 Å². The van der Waals surface area contributed by atoms with E-state index in [4.69, 9.17) is 32.7 Å². The second-order valence-corrected chi connectivity index (χ2v) is 5.80. The number of amides is 1. The highest BCUT2D eigenvalue weighted by Gasteiger charge is 2.18. The molecule has 0 bridgehead atoms. The molecule has 0 atom stereocenters. The number of carbonyl (C=O) groups excluding carboxylic acids is 1. The summed E-state index contributed by atoms with van der Waals surface area (Å²) in [4.78, 5) is 12.3. The summed E-state index contributed by atoms with van der Waals surface area (Å²) in [5.41, 5.74) is 0.0871. The van der Waals surface area contributed by atoms with Crippen LogP contribution in [0.5, 0.6) is 11.5 Å². The van der Waals surface area contributed by atoms with Crippen molar-refractivity contribution in [2.45, 2.75) is 0 Å². The summed E-state index contributed by atoms with van der Waals surface area (Å²) in [6.45, 7) is 0. The lowest BCUT2D eigenvalue weighted by Gasteiger charge is -2.11. The fourth-order valence-corrected chi connectivity index (χ4v) is 2.40. The molecule has 2 rings (SSSR count). The molecule has 0 saturated carbocycles. The van der Waals surface area contributed by atoms with Crippen molar-refractivity contribution < 1.29 is 19.4 Å². The smallest absolute Gasteiger partial charge is 0.270 e.